The molecule has 0 radical (unpaired) electrons. The molecular formula is C15H17BrN2O5. The van der Waals surface area contributed by atoms with Crippen molar-refractivity contribution in [1.82, 2.24) is 4.90 Å². The van der Waals surface area contributed by atoms with Gasteiger partial charge in [-0.15, -0.1) is 0 Å². The molecule has 1 aliphatic rings. The Hall–Kier alpha value is -2.09. The Kier molecular flexibility index (Phi) is 5.59. The smallest absolute Gasteiger partial charge is 0.340 e. The molecule has 1 saturated heterocycles. The van der Waals surface area contributed by atoms with Crippen molar-refractivity contribution >= 4 is 39.6 Å². The number of carbonyl (C=O) groups is 3. The molecule has 2 amide bonds. The molecule has 8 heteroatoms. The van der Waals surface area contributed by atoms with E-state index < -0.39 is 23.9 Å². The third kappa shape index (κ3) is 4.22. The zero-order chi connectivity index (χ0) is 17.0. The highest BCUT2D eigenvalue weighted by Gasteiger charge is 2.31. The maximum Gasteiger partial charge on any atom is 0.340 e. The predicted molar refractivity (Wildman–Crippen MR) is 86.4 cm³/mol. The van der Waals surface area contributed by atoms with Crippen LogP contribution in [0.4, 0.5) is 10.5 Å². The Morgan fingerprint density at radius 3 is 2.78 bits per heavy atom. The van der Waals surface area contributed by atoms with Crippen molar-refractivity contribution in [2.45, 2.75) is 13.3 Å². The number of halogens is 1. The van der Waals surface area contributed by atoms with Gasteiger partial charge in [0.1, 0.15) is 0 Å². The molecule has 1 fully saturated rings. The van der Waals surface area contributed by atoms with Crippen LogP contribution < -0.4 is 5.32 Å². The van der Waals surface area contributed by atoms with E-state index in [0.29, 0.717) is 23.1 Å². The first-order chi connectivity index (χ1) is 10.9. The van der Waals surface area contributed by atoms with Gasteiger partial charge in [0.05, 0.1) is 23.8 Å². The summed E-state index contributed by atoms with van der Waals surface area (Å²) in [5.41, 5.74) is 0.569. The molecule has 0 saturated carbocycles. The molecule has 1 atom stereocenters. The van der Waals surface area contributed by atoms with Crippen LogP contribution in [0.5, 0.6) is 0 Å². The summed E-state index contributed by atoms with van der Waals surface area (Å²) in [6.07, 6.45) is 0.424. The van der Waals surface area contributed by atoms with Gasteiger partial charge in [0.25, 0.3) is 0 Å². The minimum Gasteiger partial charge on any atom is -0.481 e. The second-order valence-electron chi connectivity index (χ2n) is 5.11. The number of nitrogens with one attached hydrogen (secondary N) is 1. The Labute approximate surface area is 141 Å². The lowest BCUT2D eigenvalue weighted by Crippen LogP contribution is -2.34. The van der Waals surface area contributed by atoms with Crippen LogP contribution in [0.15, 0.2) is 22.7 Å². The van der Waals surface area contributed by atoms with E-state index >= 15 is 0 Å². The van der Waals surface area contributed by atoms with Crippen LogP contribution in [0.3, 0.4) is 0 Å². The summed E-state index contributed by atoms with van der Waals surface area (Å²) in [7, 11) is 0. The Morgan fingerprint density at radius 1 is 1.43 bits per heavy atom. The Bertz CT molecular complexity index is 634. The number of urea groups is 1. The van der Waals surface area contributed by atoms with Gasteiger partial charge < -0.3 is 20.1 Å². The molecule has 0 bridgehead atoms. The Morgan fingerprint density at radius 2 is 2.17 bits per heavy atom. The summed E-state index contributed by atoms with van der Waals surface area (Å²) >= 11 is 3.28. The van der Waals surface area contributed by atoms with Crippen molar-refractivity contribution in [3.8, 4) is 0 Å². The fourth-order valence-corrected chi connectivity index (χ4v) is 2.70. The summed E-state index contributed by atoms with van der Waals surface area (Å²) < 4.78 is 5.66. The van der Waals surface area contributed by atoms with E-state index in [1.807, 2.05) is 0 Å². The average molecular weight is 385 g/mol. The molecule has 1 heterocycles. The number of carboxylic acids is 1. The fourth-order valence-electron chi connectivity index (χ4n) is 2.34. The molecule has 1 aromatic carbocycles. The molecule has 1 aromatic rings. The number of hydrogen-bond donors (Lipinski definition) is 2. The van der Waals surface area contributed by atoms with Crippen molar-refractivity contribution in [3.63, 3.8) is 0 Å². The lowest BCUT2D eigenvalue weighted by atomic mass is 10.1. The standard InChI is InChI=1S/C15H17BrN2O5/c1-2-23-14(21)11-7-10(16)3-4-12(11)17-15(22)18-6-5-9(8-18)13(19)20/h3-4,7,9H,2,5-6,8H2,1H3,(H,17,22)(H,19,20). The number of benzene rings is 1. The number of anilines is 1. The largest absolute Gasteiger partial charge is 0.481 e. The predicted octanol–water partition coefficient (Wildman–Crippen LogP) is 2.56. The molecule has 7 nitrogen and oxygen atoms in total. The SMILES string of the molecule is CCOC(=O)c1cc(Br)ccc1NC(=O)N1CCC(C(=O)O)C1. The molecule has 0 spiro atoms. The van der Waals surface area contributed by atoms with Gasteiger partial charge in [-0.2, -0.15) is 0 Å². The van der Waals surface area contributed by atoms with Gasteiger partial charge in [0.15, 0.2) is 0 Å². The van der Waals surface area contributed by atoms with Crippen LogP contribution >= 0.6 is 15.9 Å². The highest BCUT2D eigenvalue weighted by Crippen LogP contribution is 2.24. The zero-order valence-corrected chi connectivity index (χ0v) is 14.1. The maximum absolute atomic E-state index is 12.3. The third-order valence-electron chi connectivity index (χ3n) is 3.54. The Balaban J connectivity index is 2.12. The van der Waals surface area contributed by atoms with Crippen LogP contribution in [0.1, 0.15) is 23.7 Å². The number of aliphatic carboxylic acids is 1. The number of nitrogens with zero attached hydrogens (tertiary/aromatic N) is 1. The number of rotatable bonds is 4. The average Bonchev–Trinajstić information content (AvgIpc) is 2.99. The lowest BCUT2D eigenvalue weighted by molar-refractivity contribution is -0.141. The summed E-state index contributed by atoms with van der Waals surface area (Å²) in [5.74, 6) is -1.99. The second-order valence-corrected chi connectivity index (χ2v) is 6.03. The van der Waals surface area contributed by atoms with Crippen LogP contribution in [-0.4, -0.2) is 47.7 Å². The van der Waals surface area contributed by atoms with Crippen molar-refractivity contribution in [3.05, 3.63) is 28.2 Å². The van der Waals surface area contributed by atoms with Crippen LogP contribution in [0.2, 0.25) is 0 Å². The normalized spacial score (nSPS) is 17.0. The number of esters is 1. The van der Waals surface area contributed by atoms with E-state index in [-0.39, 0.29) is 18.7 Å². The summed E-state index contributed by atoms with van der Waals surface area (Å²) in [6.45, 7) is 2.45. The molecule has 23 heavy (non-hydrogen) atoms. The number of hydrogen-bond acceptors (Lipinski definition) is 4. The molecule has 2 rings (SSSR count). The molecule has 1 aliphatic heterocycles. The first-order valence-electron chi connectivity index (χ1n) is 7.17. The number of ether oxygens (including phenoxy) is 1. The first kappa shape index (κ1) is 17.3. The van der Waals surface area contributed by atoms with Gasteiger partial charge in [-0.05, 0) is 31.5 Å². The van der Waals surface area contributed by atoms with Crippen LogP contribution in [-0.2, 0) is 9.53 Å². The highest BCUT2D eigenvalue weighted by molar-refractivity contribution is 9.10. The van der Waals surface area contributed by atoms with Gasteiger partial charge in [0, 0.05) is 17.6 Å². The lowest BCUT2D eigenvalue weighted by Gasteiger charge is -2.18. The van der Waals surface area contributed by atoms with Gasteiger partial charge in [0.2, 0.25) is 0 Å². The topological polar surface area (TPSA) is 95.9 Å². The van der Waals surface area contributed by atoms with E-state index in [1.165, 1.54) is 4.90 Å². The summed E-state index contributed by atoms with van der Waals surface area (Å²) in [5, 5.41) is 11.6. The highest BCUT2D eigenvalue weighted by atomic mass is 79.9. The van der Waals surface area contributed by atoms with E-state index in [0.717, 1.165) is 0 Å². The van der Waals surface area contributed by atoms with Crippen LogP contribution in [0.25, 0.3) is 0 Å². The summed E-state index contributed by atoms with van der Waals surface area (Å²) in [6, 6.07) is 4.43. The summed E-state index contributed by atoms with van der Waals surface area (Å²) in [4.78, 5) is 36.6. The monoisotopic (exact) mass is 384 g/mol. The number of carbonyl (C=O) groups excluding carboxylic acids is 2. The number of amides is 2. The van der Waals surface area contributed by atoms with Crippen molar-refractivity contribution in [2.24, 2.45) is 5.92 Å². The minimum absolute atomic E-state index is 0.159. The van der Waals surface area contributed by atoms with E-state index in [4.69, 9.17) is 9.84 Å². The number of carboxylic acid groups (broad SMARTS) is 1. The van der Waals surface area contributed by atoms with Crippen molar-refractivity contribution in [1.29, 1.82) is 0 Å². The molecular weight excluding hydrogens is 368 g/mol. The van der Waals surface area contributed by atoms with E-state index in [2.05, 4.69) is 21.2 Å². The molecule has 124 valence electrons. The zero-order valence-electron chi connectivity index (χ0n) is 12.5. The minimum atomic E-state index is -0.906. The third-order valence-corrected chi connectivity index (χ3v) is 4.04. The van der Waals surface area contributed by atoms with Gasteiger partial charge in [-0.3, -0.25) is 4.79 Å². The quantitative estimate of drug-likeness (QED) is 0.777. The van der Waals surface area contributed by atoms with Crippen LogP contribution in [0, 0.1) is 5.92 Å². The number of likely N-dealkylation sites (tertiary alicyclic amines) is 1. The first-order valence-corrected chi connectivity index (χ1v) is 7.97. The molecule has 2 N–H and O–H groups in total. The van der Waals surface area contributed by atoms with Gasteiger partial charge in [-0.1, -0.05) is 15.9 Å². The molecule has 0 aromatic heterocycles. The van der Waals surface area contributed by atoms with E-state index in [9.17, 15) is 14.4 Å². The van der Waals surface area contributed by atoms with Crippen molar-refractivity contribution < 1.29 is 24.2 Å². The second kappa shape index (κ2) is 7.45. The van der Waals surface area contributed by atoms with E-state index in [1.54, 1.807) is 25.1 Å². The fraction of sp³-hybridized carbons (Fsp3) is 0.400. The molecule has 1 unspecified atom stereocenters. The van der Waals surface area contributed by atoms with Gasteiger partial charge in [-0.25, -0.2) is 9.59 Å². The maximum atomic E-state index is 12.3. The molecule has 0 aliphatic carbocycles. The van der Waals surface area contributed by atoms with Gasteiger partial charge >= 0.3 is 18.0 Å². The van der Waals surface area contributed by atoms with Crippen molar-refractivity contribution in [2.75, 3.05) is 25.0 Å².